The van der Waals surface area contributed by atoms with E-state index in [0.29, 0.717) is 6.61 Å². The van der Waals surface area contributed by atoms with Crippen molar-refractivity contribution in [2.75, 3.05) is 7.11 Å². The van der Waals surface area contributed by atoms with E-state index < -0.39 is 0 Å². The SMILES string of the molecule is COCc1cccc(-c2cn(C)c(=O)cc2Br)c1. The van der Waals surface area contributed by atoms with Crippen LogP contribution in [0.5, 0.6) is 0 Å². The Balaban J connectivity index is 2.51. The first-order chi connectivity index (χ1) is 8.61. The molecule has 0 aliphatic carbocycles. The van der Waals surface area contributed by atoms with E-state index in [-0.39, 0.29) is 5.56 Å². The fourth-order valence-corrected chi connectivity index (χ4v) is 2.34. The minimum absolute atomic E-state index is 0.0290. The van der Waals surface area contributed by atoms with Gasteiger partial charge in [0.2, 0.25) is 0 Å². The van der Waals surface area contributed by atoms with Crippen LogP contribution in [0.15, 0.2) is 45.8 Å². The maximum atomic E-state index is 11.5. The molecular weight excluding hydrogens is 294 g/mol. The van der Waals surface area contributed by atoms with Crippen LogP contribution in [0.2, 0.25) is 0 Å². The number of rotatable bonds is 3. The van der Waals surface area contributed by atoms with Crippen molar-refractivity contribution < 1.29 is 4.74 Å². The van der Waals surface area contributed by atoms with E-state index in [2.05, 4.69) is 22.0 Å². The summed E-state index contributed by atoms with van der Waals surface area (Å²) in [5, 5.41) is 0. The molecule has 1 aromatic heterocycles. The fraction of sp³-hybridized carbons (Fsp3) is 0.214. The van der Waals surface area contributed by atoms with Crippen LogP contribution < -0.4 is 5.56 Å². The van der Waals surface area contributed by atoms with Gasteiger partial charge in [-0.15, -0.1) is 0 Å². The molecule has 18 heavy (non-hydrogen) atoms. The van der Waals surface area contributed by atoms with Crippen LogP contribution in [0.4, 0.5) is 0 Å². The lowest BCUT2D eigenvalue weighted by atomic mass is 10.1. The smallest absolute Gasteiger partial charge is 0.251 e. The number of nitrogens with zero attached hydrogens (tertiary/aromatic N) is 1. The molecule has 0 aliphatic heterocycles. The Morgan fingerprint density at radius 3 is 2.83 bits per heavy atom. The van der Waals surface area contributed by atoms with Crippen LogP contribution >= 0.6 is 15.9 Å². The van der Waals surface area contributed by atoms with E-state index >= 15 is 0 Å². The molecule has 0 saturated heterocycles. The van der Waals surface area contributed by atoms with Crippen molar-refractivity contribution in [2.24, 2.45) is 7.05 Å². The van der Waals surface area contributed by atoms with E-state index in [1.54, 1.807) is 24.8 Å². The number of methoxy groups -OCH3 is 1. The Morgan fingerprint density at radius 2 is 2.11 bits per heavy atom. The lowest BCUT2D eigenvalue weighted by Gasteiger charge is -2.08. The van der Waals surface area contributed by atoms with Crippen molar-refractivity contribution in [1.82, 2.24) is 4.57 Å². The zero-order valence-electron chi connectivity index (χ0n) is 10.3. The van der Waals surface area contributed by atoms with Gasteiger partial charge < -0.3 is 9.30 Å². The summed E-state index contributed by atoms with van der Waals surface area (Å²) in [4.78, 5) is 11.5. The first kappa shape index (κ1) is 13.1. The molecule has 0 bridgehead atoms. The van der Waals surface area contributed by atoms with Crippen molar-refractivity contribution in [3.05, 3.63) is 56.9 Å². The fourth-order valence-electron chi connectivity index (χ4n) is 1.81. The van der Waals surface area contributed by atoms with Gasteiger partial charge in [0, 0.05) is 36.5 Å². The Bertz CT molecular complexity index is 619. The van der Waals surface area contributed by atoms with E-state index in [1.165, 1.54) is 0 Å². The van der Waals surface area contributed by atoms with Gasteiger partial charge >= 0.3 is 0 Å². The van der Waals surface area contributed by atoms with Crippen LogP contribution in [0.3, 0.4) is 0 Å². The van der Waals surface area contributed by atoms with E-state index in [4.69, 9.17) is 4.74 Å². The predicted octanol–water partition coefficient (Wildman–Crippen LogP) is 2.96. The summed E-state index contributed by atoms with van der Waals surface area (Å²) in [5.74, 6) is 0. The second kappa shape index (κ2) is 5.50. The molecule has 0 aliphatic rings. The Hall–Kier alpha value is -1.39. The van der Waals surface area contributed by atoms with Crippen molar-refractivity contribution in [1.29, 1.82) is 0 Å². The van der Waals surface area contributed by atoms with Crippen LogP contribution in [0.1, 0.15) is 5.56 Å². The maximum absolute atomic E-state index is 11.5. The van der Waals surface area contributed by atoms with Crippen molar-refractivity contribution in [3.63, 3.8) is 0 Å². The Kier molecular flexibility index (Phi) is 3.99. The summed E-state index contributed by atoms with van der Waals surface area (Å²) < 4.78 is 7.50. The van der Waals surface area contributed by atoms with E-state index in [9.17, 15) is 4.79 Å². The molecule has 0 atom stereocenters. The quantitative estimate of drug-likeness (QED) is 0.873. The van der Waals surface area contributed by atoms with Gasteiger partial charge in [-0.05, 0) is 33.1 Å². The number of aryl methyl sites for hydroxylation is 1. The summed E-state index contributed by atoms with van der Waals surface area (Å²) in [7, 11) is 3.42. The minimum atomic E-state index is -0.0290. The average molecular weight is 308 g/mol. The summed E-state index contributed by atoms with van der Waals surface area (Å²) in [6, 6.07) is 9.67. The first-order valence-corrected chi connectivity index (χ1v) is 6.35. The molecule has 0 unspecified atom stereocenters. The first-order valence-electron chi connectivity index (χ1n) is 5.56. The zero-order valence-corrected chi connectivity index (χ0v) is 11.9. The van der Waals surface area contributed by atoms with Gasteiger partial charge in [0.05, 0.1) is 6.61 Å². The molecule has 0 N–H and O–H groups in total. The predicted molar refractivity (Wildman–Crippen MR) is 75.5 cm³/mol. The van der Waals surface area contributed by atoms with Gasteiger partial charge in [-0.25, -0.2) is 0 Å². The van der Waals surface area contributed by atoms with E-state index in [1.807, 2.05) is 24.4 Å². The summed E-state index contributed by atoms with van der Waals surface area (Å²) >= 11 is 3.44. The summed E-state index contributed by atoms with van der Waals surface area (Å²) in [5.41, 5.74) is 3.14. The third-order valence-corrected chi connectivity index (χ3v) is 3.38. The lowest BCUT2D eigenvalue weighted by Crippen LogP contribution is -2.14. The molecule has 1 aromatic carbocycles. The molecule has 0 radical (unpaired) electrons. The molecule has 0 saturated carbocycles. The summed E-state index contributed by atoms with van der Waals surface area (Å²) in [6.07, 6.45) is 1.83. The molecule has 0 fully saturated rings. The molecule has 2 aromatic rings. The van der Waals surface area contributed by atoms with Gasteiger partial charge in [0.15, 0.2) is 0 Å². The van der Waals surface area contributed by atoms with Gasteiger partial charge in [0.1, 0.15) is 0 Å². The molecule has 4 heteroatoms. The highest BCUT2D eigenvalue weighted by molar-refractivity contribution is 9.10. The number of hydrogen-bond acceptors (Lipinski definition) is 2. The highest BCUT2D eigenvalue weighted by Gasteiger charge is 2.06. The minimum Gasteiger partial charge on any atom is -0.380 e. The third-order valence-electron chi connectivity index (χ3n) is 2.73. The van der Waals surface area contributed by atoms with Crippen LogP contribution in [0, 0.1) is 0 Å². The molecule has 1 heterocycles. The zero-order chi connectivity index (χ0) is 13.1. The number of halogens is 1. The number of pyridine rings is 1. The van der Waals surface area contributed by atoms with Crippen molar-refractivity contribution in [3.8, 4) is 11.1 Å². The molecule has 94 valence electrons. The number of aromatic nitrogens is 1. The maximum Gasteiger partial charge on any atom is 0.251 e. The molecular formula is C14H14BrNO2. The second-order valence-electron chi connectivity index (χ2n) is 4.12. The third kappa shape index (κ3) is 2.71. The van der Waals surface area contributed by atoms with Crippen LogP contribution in [-0.2, 0) is 18.4 Å². The molecule has 0 amide bonds. The highest BCUT2D eigenvalue weighted by atomic mass is 79.9. The largest absolute Gasteiger partial charge is 0.380 e. The number of benzene rings is 1. The van der Waals surface area contributed by atoms with Crippen LogP contribution in [-0.4, -0.2) is 11.7 Å². The average Bonchev–Trinajstić information content (AvgIpc) is 2.34. The molecule has 2 rings (SSSR count). The Labute approximate surface area is 114 Å². The lowest BCUT2D eigenvalue weighted by molar-refractivity contribution is 0.185. The number of ether oxygens (including phenoxy) is 1. The topological polar surface area (TPSA) is 31.2 Å². The van der Waals surface area contributed by atoms with E-state index in [0.717, 1.165) is 21.2 Å². The monoisotopic (exact) mass is 307 g/mol. The number of hydrogen-bond donors (Lipinski definition) is 0. The van der Waals surface area contributed by atoms with Crippen molar-refractivity contribution in [2.45, 2.75) is 6.61 Å². The highest BCUT2D eigenvalue weighted by Crippen LogP contribution is 2.27. The van der Waals surface area contributed by atoms with Gasteiger partial charge in [-0.2, -0.15) is 0 Å². The van der Waals surface area contributed by atoms with Gasteiger partial charge in [-0.1, -0.05) is 18.2 Å². The normalized spacial score (nSPS) is 10.6. The Morgan fingerprint density at radius 1 is 1.33 bits per heavy atom. The van der Waals surface area contributed by atoms with Gasteiger partial charge in [0.25, 0.3) is 5.56 Å². The standard InChI is InChI=1S/C14H14BrNO2/c1-16-8-12(13(15)7-14(16)17)11-5-3-4-10(6-11)9-18-2/h3-8H,9H2,1-2H3. The second-order valence-corrected chi connectivity index (χ2v) is 4.97. The molecule has 0 spiro atoms. The summed E-state index contributed by atoms with van der Waals surface area (Å²) in [6.45, 7) is 0.581. The van der Waals surface area contributed by atoms with Crippen molar-refractivity contribution >= 4 is 15.9 Å². The van der Waals surface area contributed by atoms with Gasteiger partial charge in [-0.3, -0.25) is 4.79 Å². The molecule has 3 nitrogen and oxygen atoms in total. The van der Waals surface area contributed by atoms with Crippen LogP contribution in [0.25, 0.3) is 11.1 Å².